The second kappa shape index (κ2) is 7.43. The summed E-state index contributed by atoms with van der Waals surface area (Å²) < 4.78 is 3.86. The highest BCUT2D eigenvalue weighted by atomic mass is 35.5. The smallest absolute Gasteiger partial charge is 0.150 e. The minimum atomic E-state index is 0.686. The lowest BCUT2D eigenvalue weighted by Gasteiger charge is -2.03. The van der Waals surface area contributed by atoms with Crippen LogP contribution in [-0.4, -0.2) is 25.1 Å². The Labute approximate surface area is 160 Å². The monoisotopic (exact) mass is 374 g/mol. The number of imidazole rings is 2. The highest BCUT2D eigenvalue weighted by Crippen LogP contribution is 2.21. The molecule has 4 aromatic heterocycles. The zero-order valence-corrected chi connectivity index (χ0v) is 15.0. The summed E-state index contributed by atoms with van der Waals surface area (Å²) in [6.07, 6.45) is 12.0. The molecule has 5 aromatic rings. The van der Waals surface area contributed by atoms with E-state index in [4.69, 9.17) is 11.6 Å². The fraction of sp³-hybridized carbons (Fsp3) is 0. The molecule has 5 rings (SSSR count). The molecule has 0 spiro atoms. The van der Waals surface area contributed by atoms with Crippen LogP contribution in [0.25, 0.3) is 22.4 Å². The SMILES string of the molecule is Clc1ccn2ccnc2c1.O=Cc1cccc(-c2ccn3ccnc3c2)c1. The standard InChI is InChI=1S/C14H10N2O.C7H5ClN2/c17-10-11-2-1-3-12(8-11)13-4-6-16-7-5-15-14(16)9-13;8-6-1-3-10-4-2-9-7(10)5-6/h1-10H;1-5H. The fourth-order valence-corrected chi connectivity index (χ4v) is 2.92. The largest absolute Gasteiger partial charge is 0.307 e. The van der Waals surface area contributed by atoms with Crippen molar-refractivity contribution >= 4 is 29.2 Å². The molecule has 6 heteroatoms. The van der Waals surface area contributed by atoms with Gasteiger partial charge < -0.3 is 8.80 Å². The van der Waals surface area contributed by atoms with Crippen LogP contribution in [0.4, 0.5) is 0 Å². The first-order chi connectivity index (χ1) is 13.2. The van der Waals surface area contributed by atoms with Gasteiger partial charge in [-0.15, -0.1) is 0 Å². The third-order valence-electron chi connectivity index (χ3n) is 4.11. The van der Waals surface area contributed by atoms with Crippen molar-refractivity contribution in [2.75, 3.05) is 0 Å². The molecule has 0 atom stereocenters. The summed E-state index contributed by atoms with van der Waals surface area (Å²) in [7, 11) is 0. The number of halogens is 1. The number of hydrogen-bond donors (Lipinski definition) is 0. The molecule has 0 fully saturated rings. The van der Waals surface area contributed by atoms with Crippen LogP contribution >= 0.6 is 11.6 Å². The predicted molar refractivity (Wildman–Crippen MR) is 106 cm³/mol. The molecule has 0 aliphatic rings. The van der Waals surface area contributed by atoms with Gasteiger partial charge in [0.2, 0.25) is 0 Å². The molecule has 1 aromatic carbocycles. The van der Waals surface area contributed by atoms with E-state index >= 15 is 0 Å². The Morgan fingerprint density at radius 2 is 1.44 bits per heavy atom. The Morgan fingerprint density at radius 3 is 2.19 bits per heavy atom. The number of hydrogen-bond acceptors (Lipinski definition) is 3. The van der Waals surface area contributed by atoms with Crippen LogP contribution in [0.5, 0.6) is 0 Å². The average Bonchev–Trinajstić information content (AvgIpc) is 3.36. The van der Waals surface area contributed by atoms with Gasteiger partial charge in [-0.25, -0.2) is 9.97 Å². The van der Waals surface area contributed by atoms with E-state index in [9.17, 15) is 4.79 Å². The van der Waals surface area contributed by atoms with Crippen molar-refractivity contribution < 1.29 is 4.79 Å². The number of nitrogens with zero attached hydrogens (tertiary/aromatic N) is 4. The van der Waals surface area contributed by atoms with E-state index in [2.05, 4.69) is 9.97 Å². The molecule has 0 saturated carbocycles. The van der Waals surface area contributed by atoms with Crippen LogP contribution in [0, 0.1) is 0 Å². The number of carbonyl (C=O) groups is 1. The van der Waals surface area contributed by atoms with Gasteiger partial charge in [0.05, 0.1) is 0 Å². The van der Waals surface area contributed by atoms with Crippen LogP contribution in [0.1, 0.15) is 10.4 Å². The first-order valence-corrected chi connectivity index (χ1v) is 8.67. The van der Waals surface area contributed by atoms with Crippen molar-refractivity contribution in [2.24, 2.45) is 0 Å². The van der Waals surface area contributed by atoms with Crippen molar-refractivity contribution in [3.63, 3.8) is 0 Å². The van der Waals surface area contributed by atoms with E-state index in [-0.39, 0.29) is 0 Å². The van der Waals surface area contributed by atoms with Crippen molar-refractivity contribution in [1.29, 1.82) is 0 Å². The molecule has 0 aliphatic carbocycles. The topological polar surface area (TPSA) is 51.7 Å². The lowest BCUT2D eigenvalue weighted by atomic mass is 10.0. The predicted octanol–water partition coefficient (Wildman–Crippen LogP) is 4.80. The number of pyridine rings is 2. The first kappa shape index (κ1) is 17.0. The maximum absolute atomic E-state index is 10.7. The number of benzene rings is 1. The summed E-state index contributed by atoms with van der Waals surface area (Å²) in [6, 6.07) is 15.2. The van der Waals surface area contributed by atoms with Crippen molar-refractivity contribution in [3.8, 4) is 11.1 Å². The van der Waals surface area contributed by atoms with Crippen molar-refractivity contribution in [1.82, 2.24) is 18.8 Å². The third kappa shape index (κ3) is 3.73. The van der Waals surface area contributed by atoms with E-state index in [1.807, 2.05) is 76.1 Å². The van der Waals surface area contributed by atoms with Crippen LogP contribution in [0.3, 0.4) is 0 Å². The second-order valence-electron chi connectivity index (χ2n) is 5.89. The number of carbonyl (C=O) groups excluding carboxylic acids is 1. The van der Waals surface area contributed by atoms with Crippen molar-refractivity contribution in [2.45, 2.75) is 0 Å². The Bertz CT molecular complexity index is 1230. The maximum Gasteiger partial charge on any atom is 0.150 e. The summed E-state index contributed by atoms with van der Waals surface area (Å²) in [5.74, 6) is 0. The highest BCUT2D eigenvalue weighted by molar-refractivity contribution is 6.30. The summed E-state index contributed by atoms with van der Waals surface area (Å²) in [5.41, 5.74) is 4.56. The first-order valence-electron chi connectivity index (χ1n) is 8.29. The van der Waals surface area contributed by atoms with Crippen LogP contribution < -0.4 is 0 Å². The second-order valence-corrected chi connectivity index (χ2v) is 6.33. The van der Waals surface area contributed by atoms with E-state index in [0.29, 0.717) is 5.56 Å². The molecule has 0 amide bonds. The lowest BCUT2D eigenvalue weighted by molar-refractivity contribution is 0.112. The highest BCUT2D eigenvalue weighted by Gasteiger charge is 2.01. The van der Waals surface area contributed by atoms with Crippen molar-refractivity contribution in [3.05, 3.63) is 96.3 Å². The minimum absolute atomic E-state index is 0.686. The fourth-order valence-electron chi connectivity index (χ4n) is 2.77. The van der Waals surface area contributed by atoms with Gasteiger partial charge in [0.15, 0.2) is 0 Å². The molecule has 0 saturated heterocycles. The molecular weight excluding hydrogens is 360 g/mol. The molecule has 5 nitrogen and oxygen atoms in total. The summed E-state index contributed by atoms with van der Waals surface area (Å²) in [4.78, 5) is 19.0. The van der Waals surface area contributed by atoms with Gasteiger partial charge in [0.25, 0.3) is 0 Å². The Morgan fingerprint density at radius 1 is 0.778 bits per heavy atom. The normalized spacial score (nSPS) is 10.6. The van der Waals surface area contributed by atoms with Gasteiger partial charge in [-0.2, -0.15) is 0 Å². The number of rotatable bonds is 2. The molecular formula is C21H15ClN4O. The van der Waals surface area contributed by atoms with E-state index in [1.165, 1.54) is 0 Å². The summed E-state index contributed by atoms with van der Waals surface area (Å²) in [5, 5.41) is 0.721. The maximum atomic E-state index is 10.7. The van der Waals surface area contributed by atoms with Gasteiger partial charge in [-0.1, -0.05) is 29.8 Å². The average molecular weight is 375 g/mol. The molecule has 4 heterocycles. The minimum Gasteiger partial charge on any atom is -0.307 e. The molecule has 0 bridgehead atoms. The van der Waals surface area contributed by atoms with Gasteiger partial charge in [0.1, 0.15) is 17.6 Å². The number of fused-ring (bicyclic) bond motifs is 2. The van der Waals surface area contributed by atoms with E-state index < -0.39 is 0 Å². The third-order valence-corrected chi connectivity index (χ3v) is 4.35. The summed E-state index contributed by atoms with van der Waals surface area (Å²) >= 11 is 5.72. The van der Waals surface area contributed by atoms with Gasteiger partial charge in [-0.05, 0) is 41.5 Å². The lowest BCUT2D eigenvalue weighted by Crippen LogP contribution is -1.86. The summed E-state index contributed by atoms with van der Waals surface area (Å²) in [6.45, 7) is 0. The number of aldehydes is 1. The molecule has 132 valence electrons. The Hall–Kier alpha value is -3.44. The molecule has 0 radical (unpaired) electrons. The van der Waals surface area contributed by atoms with Gasteiger partial charge in [-0.3, -0.25) is 4.79 Å². The van der Waals surface area contributed by atoms with Crippen LogP contribution in [0.2, 0.25) is 5.02 Å². The van der Waals surface area contributed by atoms with E-state index in [1.54, 1.807) is 18.5 Å². The van der Waals surface area contributed by atoms with Gasteiger partial charge >= 0.3 is 0 Å². The molecule has 27 heavy (non-hydrogen) atoms. The molecule has 0 aliphatic heterocycles. The van der Waals surface area contributed by atoms with Crippen LogP contribution in [0.15, 0.2) is 85.7 Å². The van der Waals surface area contributed by atoms with E-state index in [0.717, 1.165) is 33.7 Å². The Kier molecular flexibility index (Phi) is 4.68. The molecule has 0 unspecified atom stereocenters. The molecule has 0 N–H and O–H groups in total. The van der Waals surface area contributed by atoms with Gasteiger partial charge in [0, 0.05) is 47.8 Å². The zero-order valence-electron chi connectivity index (χ0n) is 14.2. The zero-order chi connectivity index (χ0) is 18.6. The van der Waals surface area contributed by atoms with Crippen LogP contribution in [-0.2, 0) is 0 Å². The quantitative estimate of drug-likeness (QED) is 0.417. The number of aromatic nitrogens is 4. The Balaban J connectivity index is 0.000000153.